The van der Waals surface area contributed by atoms with Crippen molar-refractivity contribution in [2.24, 2.45) is 5.92 Å². The quantitative estimate of drug-likeness (QED) is 0.445. The third-order valence-electron chi connectivity index (χ3n) is 6.73. The van der Waals surface area contributed by atoms with Crippen LogP contribution in [0.5, 0.6) is 5.75 Å². The van der Waals surface area contributed by atoms with Gasteiger partial charge in [-0.1, -0.05) is 60.4 Å². The van der Waals surface area contributed by atoms with Crippen LogP contribution < -0.4 is 10.1 Å². The molecule has 1 aliphatic heterocycles. The van der Waals surface area contributed by atoms with E-state index in [0.29, 0.717) is 19.1 Å². The van der Waals surface area contributed by atoms with E-state index in [-0.39, 0.29) is 6.54 Å². The van der Waals surface area contributed by atoms with Gasteiger partial charge in [-0.3, -0.25) is 4.79 Å². The largest absolute Gasteiger partial charge is 0.493 e. The Kier molecular flexibility index (Phi) is 8.78. The number of nitrogens with one attached hydrogen (secondary N) is 1. The molecule has 0 radical (unpaired) electrons. The van der Waals surface area contributed by atoms with Crippen LogP contribution in [0.1, 0.15) is 35.1 Å². The minimum absolute atomic E-state index is 0.0903. The molecule has 0 aliphatic carbocycles. The summed E-state index contributed by atoms with van der Waals surface area (Å²) in [5.74, 6) is 7.09. The molecule has 1 aliphatic rings. The van der Waals surface area contributed by atoms with Crippen LogP contribution in [0.25, 0.3) is 11.1 Å². The van der Waals surface area contributed by atoms with E-state index >= 15 is 0 Å². The van der Waals surface area contributed by atoms with Gasteiger partial charge in [-0.05, 0) is 80.7 Å². The van der Waals surface area contributed by atoms with Gasteiger partial charge in [-0.25, -0.2) is 0 Å². The van der Waals surface area contributed by atoms with Gasteiger partial charge < -0.3 is 20.1 Å². The first-order valence-electron chi connectivity index (χ1n) is 12.5. The zero-order chi connectivity index (χ0) is 25.3. The number of rotatable bonds is 8. The van der Waals surface area contributed by atoms with Gasteiger partial charge in [-0.15, -0.1) is 0 Å². The van der Waals surface area contributed by atoms with Gasteiger partial charge in [0.05, 0.1) is 13.2 Å². The molecule has 1 fully saturated rings. The zero-order valence-electron chi connectivity index (χ0n) is 21.1. The Bertz CT molecular complexity index is 1240. The SMILES string of the molecule is Cc1c(C#Cc2ccc(CNCC(=O)O)c(OCC3CCN(C)CC3)c2)cccc1-c1ccccc1. The molecule has 1 heterocycles. The van der Waals surface area contributed by atoms with Gasteiger partial charge >= 0.3 is 5.97 Å². The molecular weight excluding hydrogens is 448 g/mol. The Morgan fingerprint density at radius 1 is 1.06 bits per heavy atom. The molecule has 0 bridgehead atoms. The van der Waals surface area contributed by atoms with Crippen molar-refractivity contribution in [2.45, 2.75) is 26.3 Å². The molecule has 1 saturated heterocycles. The van der Waals surface area contributed by atoms with E-state index in [0.717, 1.165) is 53.9 Å². The summed E-state index contributed by atoms with van der Waals surface area (Å²) in [4.78, 5) is 13.3. The molecule has 186 valence electrons. The average Bonchev–Trinajstić information content (AvgIpc) is 2.89. The average molecular weight is 483 g/mol. The monoisotopic (exact) mass is 482 g/mol. The summed E-state index contributed by atoms with van der Waals surface area (Å²) >= 11 is 0. The number of hydrogen-bond donors (Lipinski definition) is 2. The van der Waals surface area contributed by atoms with Crippen molar-refractivity contribution < 1.29 is 14.6 Å². The Morgan fingerprint density at radius 3 is 2.58 bits per heavy atom. The van der Waals surface area contributed by atoms with Crippen LogP contribution in [0.2, 0.25) is 0 Å². The van der Waals surface area contributed by atoms with Crippen LogP contribution >= 0.6 is 0 Å². The van der Waals surface area contributed by atoms with Crippen LogP contribution in [0, 0.1) is 24.7 Å². The standard InChI is InChI=1S/C31H34N2O3/c1-23-26(9-6-10-29(23)27-7-4-3-5-8-27)13-11-24-12-14-28(20-32-21-31(34)35)30(19-24)36-22-25-15-17-33(2)18-16-25/h3-10,12,14,19,25,32H,15-18,20-22H2,1-2H3,(H,34,35). The lowest BCUT2D eigenvalue weighted by Crippen LogP contribution is -2.32. The number of ether oxygens (including phenoxy) is 1. The molecule has 0 unspecified atom stereocenters. The smallest absolute Gasteiger partial charge is 0.317 e. The van der Waals surface area contributed by atoms with E-state index < -0.39 is 5.97 Å². The third kappa shape index (κ3) is 6.97. The van der Waals surface area contributed by atoms with Gasteiger partial charge in [0.15, 0.2) is 0 Å². The van der Waals surface area contributed by atoms with Crippen molar-refractivity contribution in [3.05, 3.63) is 89.0 Å². The van der Waals surface area contributed by atoms with Gasteiger partial charge in [-0.2, -0.15) is 0 Å². The Morgan fingerprint density at radius 2 is 1.83 bits per heavy atom. The number of piperidine rings is 1. The number of likely N-dealkylation sites (tertiary alicyclic amines) is 1. The highest BCUT2D eigenvalue weighted by molar-refractivity contribution is 5.70. The first-order chi connectivity index (χ1) is 17.5. The van der Waals surface area contributed by atoms with Crippen LogP contribution in [-0.4, -0.2) is 49.3 Å². The number of carbonyl (C=O) groups is 1. The summed E-state index contributed by atoms with van der Waals surface area (Å²) < 4.78 is 6.29. The summed E-state index contributed by atoms with van der Waals surface area (Å²) in [6.07, 6.45) is 2.25. The number of benzene rings is 3. The van der Waals surface area contributed by atoms with E-state index in [4.69, 9.17) is 9.84 Å². The van der Waals surface area contributed by atoms with Crippen molar-refractivity contribution in [1.29, 1.82) is 0 Å². The third-order valence-corrected chi connectivity index (χ3v) is 6.73. The topological polar surface area (TPSA) is 61.8 Å². The summed E-state index contributed by atoms with van der Waals surface area (Å²) in [7, 11) is 2.16. The number of carboxylic acids is 1. The fourth-order valence-electron chi connectivity index (χ4n) is 4.49. The predicted octanol–water partition coefficient (Wildman–Crippen LogP) is 4.96. The lowest BCUT2D eigenvalue weighted by atomic mass is 9.96. The molecule has 0 atom stereocenters. The van der Waals surface area contributed by atoms with Crippen molar-refractivity contribution in [1.82, 2.24) is 10.2 Å². The fraction of sp³-hybridized carbons (Fsp3) is 0.323. The number of nitrogens with zero attached hydrogens (tertiary/aromatic N) is 1. The molecule has 5 heteroatoms. The highest BCUT2D eigenvalue weighted by Gasteiger charge is 2.18. The molecule has 3 aromatic rings. The van der Waals surface area contributed by atoms with Crippen molar-refractivity contribution in [2.75, 3.05) is 33.3 Å². The van der Waals surface area contributed by atoms with E-state index in [1.807, 2.05) is 42.5 Å². The van der Waals surface area contributed by atoms with Crippen LogP contribution in [-0.2, 0) is 11.3 Å². The highest BCUT2D eigenvalue weighted by atomic mass is 16.5. The van der Waals surface area contributed by atoms with Gasteiger partial charge in [0.2, 0.25) is 0 Å². The number of carboxylic acid groups (broad SMARTS) is 1. The highest BCUT2D eigenvalue weighted by Crippen LogP contribution is 2.26. The summed E-state index contributed by atoms with van der Waals surface area (Å²) in [5, 5.41) is 11.9. The number of hydrogen-bond acceptors (Lipinski definition) is 4. The molecule has 3 aromatic carbocycles. The Hall–Kier alpha value is -3.59. The van der Waals surface area contributed by atoms with E-state index in [1.165, 1.54) is 11.1 Å². The lowest BCUT2D eigenvalue weighted by Gasteiger charge is -2.29. The maximum absolute atomic E-state index is 10.9. The first-order valence-corrected chi connectivity index (χ1v) is 12.5. The second kappa shape index (κ2) is 12.4. The normalized spacial score (nSPS) is 14.2. The maximum Gasteiger partial charge on any atom is 0.317 e. The molecule has 4 rings (SSSR count). The molecular formula is C31H34N2O3. The molecule has 36 heavy (non-hydrogen) atoms. The number of aliphatic carboxylic acids is 1. The Labute approximate surface area is 214 Å². The van der Waals surface area contributed by atoms with Gasteiger partial charge in [0.1, 0.15) is 5.75 Å². The maximum atomic E-state index is 10.9. The van der Waals surface area contributed by atoms with E-state index in [1.54, 1.807) is 0 Å². The molecule has 5 nitrogen and oxygen atoms in total. The minimum atomic E-state index is -0.876. The van der Waals surface area contributed by atoms with Crippen molar-refractivity contribution in [3.8, 4) is 28.7 Å². The second-order valence-electron chi connectivity index (χ2n) is 9.47. The fourth-order valence-corrected chi connectivity index (χ4v) is 4.49. The first kappa shape index (κ1) is 25.5. The zero-order valence-corrected chi connectivity index (χ0v) is 21.1. The van der Waals surface area contributed by atoms with Crippen molar-refractivity contribution >= 4 is 5.97 Å². The summed E-state index contributed by atoms with van der Waals surface area (Å²) in [5.41, 5.74) is 6.34. The molecule has 0 spiro atoms. The molecule has 0 amide bonds. The molecule has 0 saturated carbocycles. The Balaban J connectivity index is 1.54. The lowest BCUT2D eigenvalue weighted by molar-refractivity contribution is -0.136. The van der Waals surface area contributed by atoms with E-state index in [9.17, 15) is 4.79 Å². The predicted molar refractivity (Wildman–Crippen MR) is 144 cm³/mol. The van der Waals surface area contributed by atoms with Crippen LogP contribution in [0.3, 0.4) is 0 Å². The van der Waals surface area contributed by atoms with Crippen molar-refractivity contribution in [3.63, 3.8) is 0 Å². The van der Waals surface area contributed by atoms with Gasteiger partial charge in [0, 0.05) is 23.2 Å². The molecule has 2 N–H and O–H groups in total. The summed E-state index contributed by atoms with van der Waals surface area (Å²) in [6.45, 7) is 5.30. The summed E-state index contributed by atoms with van der Waals surface area (Å²) in [6, 6.07) is 22.5. The van der Waals surface area contributed by atoms with E-state index in [2.05, 4.69) is 60.3 Å². The van der Waals surface area contributed by atoms with Crippen LogP contribution in [0.4, 0.5) is 0 Å². The van der Waals surface area contributed by atoms with Gasteiger partial charge in [0.25, 0.3) is 0 Å². The minimum Gasteiger partial charge on any atom is -0.493 e. The molecule has 0 aromatic heterocycles. The van der Waals surface area contributed by atoms with Crippen LogP contribution in [0.15, 0.2) is 66.7 Å². The second-order valence-corrected chi connectivity index (χ2v) is 9.47.